The highest BCUT2D eigenvalue weighted by molar-refractivity contribution is 7.89. The molecule has 0 N–H and O–H groups in total. The van der Waals surface area contributed by atoms with E-state index in [0.29, 0.717) is 24.5 Å². The van der Waals surface area contributed by atoms with Crippen molar-refractivity contribution in [2.45, 2.75) is 17.9 Å². The smallest absolute Gasteiger partial charge is 0.243 e. The SMILES string of the molecule is COc1ccc(S(=O)(=O)N(CCc2cccs2)Cc2ccco2)cc1. The van der Waals surface area contributed by atoms with E-state index in [1.54, 1.807) is 61.1 Å². The fourth-order valence-corrected chi connectivity index (χ4v) is 4.55. The second-order valence-electron chi connectivity index (χ2n) is 5.42. The van der Waals surface area contributed by atoms with Crippen LogP contribution < -0.4 is 4.74 Å². The normalized spacial score (nSPS) is 11.8. The lowest BCUT2D eigenvalue weighted by atomic mass is 10.3. The molecule has 0 fully saturated rings. The van der Waals surface area contributed by atoms with Crippen LogP contribution in [0.25, 0.3) is 0 Å². The number of hydrogen-bond donors (Lipinski definition) is 0. The number of furan rings is 1. The molecule has 0 saturated carbocycles. The van der Waals surface area contributed by atoms with Crippen LogP contribution in [0, 0.1) is 0 Å². The third-order valence-corrected chi connectivity index (χ3v) is 6.59. The molecule has 0 atom stereocenters. The van der Waals surface area contributed by atoms with Gasteiger partial charge in [0.2, 0.25) is 10.0 Å². The average Bonchev–Trinajstić information content (AvgIpc) is 3.32. The van der Waals surface area contributed by atoms with Crippen molar-refractivity contribution < 1.29 is 17.6 Å². The molecule has 0 unspecified atom stereocenters. The molecular weight excluding hydrogens is 358 g/mol. The molecule has 1 aromatic carbocycles. The van der Waals surface area contributed by atoms with Crippen LogP contribution in [0.4, 0.5) is 0 Å². The third kappa shape index (κ3) is 4.31. The summed E-state index contributed by atoms with van der Waals surface area (Å²) in [6.45, 7) is 0.586. The molecule has 0 spiro atoms. The van der Waals surface area contributed by atoms with Crippen LogP contribution in [0.5, 0.6) is 5.75 Å². The van der Waals surface area contributed by atoms with E-state index >= 15 is 0 Å². The molecule has 25 heavy (non-hydrogen) atoms. The third-order valence-electron chi connectivity index (χ3n) is 3.80. The highest BCUT2D eigenvalue weighted by Crippen LogP contribution is 2.22. The molecule has 0 aliphatic heterocycles. The van der Waals surface area contributed by atoms with E-state index in [2.05, 4.69) is 0 Å². The largest absolute Gasteiger partial charge is 0.497 e. The minimum atomic E-state index is -3.63. The number of sulfonamides is 1. The number of ether oxygens (including phenoxy) is 1. The first-order valence-corrected chi connectivity index (χ1v) is 10.1. The lowest BCUT2D eigenvalue weighted by Crippen LogP contribution is -2.32. The first-order valence-electron chi connectivity index (χ1n) is 7.78. The Bertz CT molecular complexity index is 870. The second kappa shape index (κ2) is 7.86. The van der Waals surface area contributed by atoms with Gasteiger partial charge in [0.1, 0.15) is 11.5 Å². The summed E-state index contributed by atoms with van der Waals surface area (Å²) in [6.07, 6.45) is 2.21. The number of methoxy groups -OCH3 is 1. The molecule has 0 aliphatic carbocycles. The number of thiophene rings is 1. The Morgan fingerprint density at radius 2 is 1.92 bits per heavy atom. The molecule has 0 bridgehead atoms. The maximum absolute atomic E-state index is 13.1. The van der Waals surface area contributed by atoms with Crippen LogP contribution >= 0.6 is 11.3 Å². The van der Waals surface area contributed by atoms with Gasteiger partial charge in [-0.25, -0.2) is 8.42 Å². The molecule has 7 heteroatoms. The van der Waals surface area contributed by atoms with E-state index in [1.807, 2.05) is 17.5 Å². The van der Waals surface area contributed by atoms with Gasteiger partial charge in [-0.1, -0.05) is 6.07 Å². The Morgan fingerprint density at radius 3 is 2.52 bits per heavy atom. The molecule has 0 saturated heterocycles. The number of nitrogens with zero attached hydrogens (tertiary/aromatic N) is 1. The predicted octanol–water partition coefficient (Wildman–Crippen LogP) is 3.78. The fraction of sp³-hybridized carbons (Fsp3) is 0.222. The second-order valence-corrected chi connectivity index (χ2v) is 8.39. The first kappa shape index (κ1) is 17.7. The minimum Gasteiger partial charge on any atom is -0.497 e. The fourth-order valence-electron chi connectivity index (χ4n) is 2.45. The first-order chi connectivity index (χ1) is 12.1. The van der Waals surface area contributed by atoms with Crippen LogP contribution in [0.2, 0.25) is 0 Å². The van der Waals surface area contributed by atoms with Gasteiger partial charge in [0.25, 0.3) is 0 Å². The predicted molar refractivity (Wildman–Crippen MR) is 97.3 cm³/mol. The summed E-state index contributed by atoms with van der Waals surface area (Å²) in [5, 5.41) is 1.99. The summed E-state index contributed by atoms with van der Waals surface area (Å²) in [5.74, 6) is 1.23. The van der Waals surface area contributed by atoms with Gasteiger partial charge in [-0.3, -0.25) is 0 Å². The van der Waals surface area contributed by atoms with Crippen molar-refractivity contribution in [2.24, 2.45) is 0 Å². The Balaban J connectivity index is 1.84. The Labute approximate surface area is 151 Å². The molecule has 5 nitrogen and oxygen atoms in total. The van der Waals surface area contributed by atoms with Gasteiger partial charge in [0, 0.05) is 11.4 Å². The summed E-state index contributed by atoms with van der Waals surface area (Å²) < 4.78 is 38.0. The standard InChI is InChI=1S/C18H19NO4S2/c1-22-15-6-8-18(9-7-15)25(20,21)19(14-16-4-2-12-23-16)11-10-17-5-3-13-24-17/h2-9,12-13H,10-11,14H2,1H3. The summed E-state index contributed by atoms with van der Waals surface area (Å²) in [6, 6.07) is 13.9. The number of hydrogen-bond acceptors (Lipinski definition) is 5. The van der Waals surface area contributed by atoms with Gasteiger partial charge in [-0.15, -0.1) is 11.3 Å². The highest BCUT2D eigenvalue weighted by Gasteiger charge is 2.25. The maximum atomic E-state index is 13.1. The van der Waals surface area contributed by atoms with E-state index < -0.39 is 10.0 Å². The Kier molecular flexibility index (Phi) is 5.57. The Morgan fingerprint density at radius 1 is 1.12 bits per heavy atom. The zero-order chi connectivity index (χ0) is 17.7. The van der Waals surface area contributed by atoms with Crippen LogP contribution in [0.15, 0.2) is 69.5 Å². The highest BCUT2D eigenvalue weighted by atomic mass is 32.2. The topological polar surface area (TPSA) is 59.8 Å². The molecular formula is C18H19NO4S2. The van der Waals surface area contributed by atoms with E-state index in [1.165, 1.54) is 4.31 Å². The molecule has 3 aromatic rings. The molecule has 132 valence electrons. The minimum absolute atomic E-state index is 0.201. The van der Waals surface area contributed by atoms with Crippen molar-refractivity contribution in [3.63, 3.8) is 0 Å². The average molecular weight is 377 g/mol. The van der Waals surface area contributed by atoms with Crippen molar-refractivity contribution >= 4 is 21.4 Å². The van der Waals surface area contributed by atoms with E-state index in [4.69, 9.17) is 9.15 Å². The van der Waals surface area contributed by atoms with E-state index in [-0.39, 0.29) is 11.4 Å². The van der Waals surface area contributed by atoms with Crippen LogP contribution in [0.3, 0.4) is 0 Å². The quantitative estimate of drug-likeness (QED) is 0.599. The van der Waals surface area contributed by atoms with Crippen LogP contribution in [0.1, 0.15) is 10.6 Å². The zero-order valence-corrected chi connectivity index (χ0v) is 15.4. The lowest BCUT2D eigenvalue weighted by Gasteiger charge is -2.21. The van der Waals surface area contributed by atoms with Gasteiger partial charge >= 0.3 is 0 Å². The Hall–Kier alpha value is -2.09. The van der Waals surface area contributed by atoms with Crippen molar-refractivity contribution in [3.8, 4) is 5.75 Å². The van der Waals surface area contributed by atoms with Crippen molar-refractivity contribution in [3.05, 3.63) is 70.8 Å². The van der Waals surface area contributed by atoms with Crippen LogP contribution in [-0.4, -0.2) is 26.4 Å². The molecule has 0 amide bonds. The summed E-state index contributed by atoms with van der Waals surface area (Å²) in [5.41, 5.74) is 0. The van der Waals surface area contributed by atoms with E-state index in [9.17, 15) is 8.42 Å². The number of rotatable bonds is 8. The van der Waals surface area contributed by atoms with Gasteiger partial charge < -0.3 is 9.15 Å². The molecule has 2 heterocycles. The summed E-state index contributed by atoms with van der Waals surface area (Å²) in [7, 11) is -2.08. The van der Waals surface area contributed by atoms with Crippen molar-refractivity contribution in [1.82, 2.24) is 4.31 Å². The zero-order valence-electron chi connectivity index (χ0n) is 13.8. The van der Waals surface area contributed by atoms with Crippen LogP contribution in [-0.2, 0) is 23.0 Å². The monoisotopic (exact) mass is 377 g/mol. The van der Waals surface area contributed by atoms with Crippen molar-refractivity contribution in [2.75, 3.05) is 13.7 Å². The lowest BCUT2D eigenvalue weighted by molar-refractivity contribution is 0.366. The molecule has 0 aliphatic rings. The maximum Gasteiger partial charge on any atom is 0.243 e. The van der Waals surface area contributed by atoms with E-state index in [0.717, 1.165) is 4.88 Å². The van der Waals surface area contributed by atoms with Crippen molar-refractivity contribution in [1.29, 1.82) is 0 Å². The summed E-state index contributed by atoms with van der Waals surface area (Å²) in [4.78, 5) is 1.39. The summed E-state index contributed by atoms with van der Waals surface area (Å²) >= 11 is 1.62. The van der Waals surface area contributed by atoms with Gasteiger partial charge in [-0.05, 0) is 54.3 Å². The molecule has 2 aromatic heterocycles. The van der Waals surface area contributed by atoms with Gasteiger partial charge in [-0.2, -0.15) is 4.31 Å². The number of benzene rings is 1. The van der Waals surface area contributed by atoms with Gasteiger partial charge in [0.15, 0.2) is 0 Å². The van der Waals surface area contributed by atoms with Gasteiger partial charge in [0.05, 0.1) is 24.8 Å². The molecule has 0 radical (unpaired) electrons. The molecule has 3 rings (SSSR count).